The van der Waals surface area contributed by atoms with Gasteiger partial charge in [-0.3, -0.25) is 24.5 Å². The first kappa shape index (κ1) is 23.9. The van der Waals surface area contributed by atoms with Gasteiger partial charge in [0.15, 0.2) is 0 Å². The fraction of sp³-hybridized carbons (Fsp3) is 0.375. The number of benzene rings is 2. The first-order chi connectivity index (χ1) is 15.7. The predicted molar refractivity (Wildman–Crippen MR) is 122 cm³/mol. The van der Waals surface area contributed by atoms with Crippen molar-refractivity contribution in [2.45, 2.75) is 52.2 Å². The zero-order valence-electron chi connectivity index (χ0n) is 18.9. The second-order valence-corrected chi connectivity index (χ2v) is 8.08. The van der Waals surface area contributed by atoms with Crippen LogP contribution in [0.4, 0.5) is 11.4 Å². The molecule has 3 rings (SSSR count). The van der Waals surface area contributed by atoms with Crippen LogP contribution in [0.15, 0.2) is 42.5 Å². The Morgan fingerprint density at radius 2 is 1.91 bits per heavy atom. The molecule has 0 aromatic heterocycles. The Kier molecular flexibility index (Phi) is 7.42. The first-order valence-corrected chi connectivity index (χ1v) is 10.9. The highest BCUT2D eigenvalue weighted by atomic mass is 16.6. The van der Waals surface area contributed by atoms with Crippen molar-refractivity contribution >= 4 is 29.2 Å². The highest BCUT2D eigenvalue weighted by Crippen LogP contribution is 2.31. The van der Waals surface area contributed by atoms with E-state index in [2.05, 4.69) is 5.32 Å². The number of nitro benzene ring substituents is 1. The van der Waals surface area contributed by atoms with Crippen LogP contribution < -0.4 is 10.2 Å². The van der Waals surface area contributed by atoms with E-state index in [4.69, 9.17) is 4.74 Å². The zero-order chi connectivity index (χ0) is 24.1. The van der Waals surface area contributed by atoms with Crippen LogP contribution in [0.25, 0.3) is 0 Å². The summed E-state index contributed by atoms with van der Waals surface area (Å²) in [6.45, 7) is 5.77. The van der Waals surface area contributed by atoms with E-state index in [0.717, 1.165) is 11.3 Å². The van der Waals surface area contributed by atoms with Gasteiger partial charge in [-0.25, -0.2) is 0 Å². The molecule has 174 valence electrons. The number of ether oxygens (including phenoxy) is 1. The molecule has 9 nitrogen and oxygen atoms in total. The summed E-state index contributed by atoms with van der Waals surface area (Å²) in [6, 6.07) is 10.1. The quantitative estimate of drug-likeness (QED) is 0.370. The second-order valence-electron chi connectivity index (χ2n) is 8.08. The maximum absolute atomic E-state index is 13.1. The van der Waals surface area contributed by atoms with Crippen molar-refractivity contribution in [1.82, 2.24) is 5.32 Å². The van der Waals surface area contributed by atoms with E-state index >= 15 is 0 Å². The zero-order valence-corrected chi connectivity index (χ0v) is 18.9. The Morgan fingerprint density at radius 1 is 1.18 bits per heavy atom. The summed E-state index contributed by atoms with van der Waals surface area (Å²) in [6.07, 6.45) is 0.422. The summed E-state index contributed by atoms with van der Waals surface area (Å²) < 4.78 is 5.20. The molecule has 2 amide bonds. The van der Waals surface area contributed by atoms with Crippen molar-refractivity contribution in [2.24, 2.45) is 0 Å². The molecule has 1 N–H and O–H groups in total. The van der Waals surface area contributed by atoms with Crippen LogP contribution in [0.2, 0.25) is 0 Å². The maximum Gasteiger partial charge on any atom is 0.308 e. The van der Waals surface area contributed by atoms with Gasteiger partial charge in [0.25, 0.3) is 11.6 Å². The number of carbonyl (C=O) groups is 3. The Balaban J connectivity index is 1.87. The number of nitrogens with zero attached hydrogens (tertiary/aromatic N) is 2. The summed E-state index contributed by atoms with van der Waals surface area (Å²) >= 11 is 0. The van der Waals surface area contributed by atoms with E-state index in [1.54, 1.807) is 49.9 Å². The smallest absolute Gasteiger partial charge is 0.308 e. The van der Waals surface area contributed by atoms with Crippen molar-refractivity contribution in [1.29, 1.82) is 0 Å². The minimum absolute atomic E-state index is 0.0195. The van der Waals surface area contributed by atoms with Crippen LogP contribution in [0.1, 0.15) is 61.1 Å². The van der Waals surface area contributed by atoms with E-state index in [1.165, 1.54) is 18.2 Å². The number of nitrogens with one attached hydrogen (secondary N) is 1. The normalized spacial score (nSPS) is 13.4. The van der Waals surface area contributed by atoms with Crippen LogP contribution in [-0.4, -0.2) is 35.4 Å². The largest absolute Gasteiger partial charge is 0.463 e. The summed E-state index contributed by atoms with van der Waals surface area (Å²) in [5.41, 5.74) is 2.04. The van der Waals surface area contributed by atoms with Crippen molar-refractivity contribution in [3.05, 3.63) is 69.3 Å². The van der Waals surface area contributed by atoms with Crippen molar-refractivity contribution in [3.8, 4) is 0 Å². The Hall–Kier alpha value is -3.75. The minimum atomic E-state index is -0.947. The monoisotopic (exact) mass is 453 g/mol. The van der Waals surface area contributed by atoms with E-state index in [9.17, 15) is 24.5 Å². The van der Waals surface area contributed by atoms with Gasteiger partial charge >= 0.3 is 5.97 Å². The molecular formula is C24H27N3O6. The molecular weight excluding hydrogens is 426 g/mol. The number of carbonyl (C=O) groups excluding carboxylic acids is 3. The van der Waals surface area contributed by atoms with Crippen LogP contribution in [0.3, 0.4) is 0 Å². The minimum Gasteiger partial charge on any atom is -0.463 e. The van der Waals surface area contributed by atoms with Gasteiger partial charge in [0.1, 0.15) is 0 Å². The molecule has 33 heavy (non-hydrogen) atoms. The number of para-hydroxylation sites is 1. The lowest BCUT2D eigenvalue weighted by Gasteiger charge is -2.20. The predicted octanol–water partition coefficient (Wildman–Crippen LogP) is 3.71. The van der Waals surface area contributed by atoms with Gasteiger partial charge in [-0.05, 0) is 44.0 Å². The molecule has 2 aromatic carbocycles. The van der Waals surface area contributed by atoms with E-state index in [1.807, 2.05) is 0 Å². The van der Waals surface area contributed by atoms with Crippen molar-refractivity contribution < 1.29 is 24.0 Å². The van der Waals surface area contributed by atoms with E-state index in [0.29, 0.717) is 24.9 Å². The van der Waals surface area contributed by atoms with Gasteiger partial charge < -0.3 is 15.0 Å². The highest BCUT2D eigenvalue weighted by Gasteiger charge is 2.28. The molecule has 1 atom stereocenters. The molecule has 0 saturated heterocycles. The average Bonchev–Trinajstić information content (AvgIpc) is 3.20. The number of nitro groups is 1. The number of hydrogen-bond donors (Lipinski definition) is 1. The third-order valence-electron chi connectivity index (χ3n) is 5.39. The number of esters is 1. The molecule has 0 fully saturated rings. The average molecular weight is 453 g/mol. The summed E-state index contributed by atoms with van der Waals surface area (Å²) in [5, 5.41) is 14.3. The van der Waals surface area contributed by atoms with Gasteiger partial charge in [-0.2, -0.15) is 0 Å². The third-order valence-corrected chi connectivity index (χ3v) is 5.39. The van der Waals surface area contributed by atoms with Gasteiger partial charge in [0.05, 0.1) is 29.1 Å². The van der Waals surface area contributed by atoms with Gasteiger partial charge in [0.2, 0.25) is 5.91 Å². The van der Waals surface area contributed by atoms with Gasteiger partial charge in [0, 0.05) is 30.3 Å². The van der Waals surface area contributed by atoms with Crippen molar-refractivity contribution in [3.63, 3.8) is 0 Å². The number of rotatable bonds is 8. The SMILES string of the molecule is CCC(=O)N1CCc2cc(C(=O)NC(CC(=O)OC(C)C)c3ccccc3[N+](=O)[O-])ccc21. The molecule has 1 aliphatic rings. The lowest BCUT2D eigenvalue weighted by Crippen LogP contribution is -2.31. The molecule has 0 bridgehead atoms. The molecule has 1 aliphatic heterocycles. The first-order valence-electron chi connectivity index (χ1n) is 10.9. The van der Waals surface area contributed by atoms with E-state index in [-0.39, 0.29) is 29.7 Å². The summed E-state index contributed by atoms with van der Waals surface area (Å²) in [7, 11) is 0. The third kappa shape index (κ3) is 5.54. The molecule has 0 spiro atoms. The van der Waals surface area contributed by atoms with Crippen LogP contribution >= 0.6 is 0 Å². The standard InChI is InChI=1S/C24H27N3O6/c1-4-22(28)26-12-11-16-13-17(9-10-20(16)26)24(30)25-19(14-23(29)33-15(2)3)18-7-5-6-8-21(18)27(31)32/h5-10,13,15,19H,4,11-12,14H2,1-3H3,(H,25,30). The van der Waals surface area contributed by atoms with Gasteiger partial charge in [-0.1, -0.05) is 25.1 Å². The molecule has 9 heteroatoms. The van der Waals surface area contributed by atoms with Crippen LogP contribution in [-0.2, 0) is 20.7 Å². The molecule has 0 aliphatic carbocycles. The number of amides is 2. The highest BCUT2D eigenvalue weighted by molar-refractivity contribution is 5.98. The molecule has 1 heterocycles. The molecule has 1 unspecified atom stereocenters. The lowest BCUT2D eigenvalue weighted by atomic mass is 10.0. The number of anilines is 1. The van der Waals surface area contributed by atoms with Crippen molar-refractivity contribution in [2.75, 3.05) is 11.4 Å². The lowest BCUT2D eigenvalue weighted by molar-refractivity contribution is -0.385. The molecule has 0 saturated carbocycles. The van der Waals surface area contributed by atoms with Crippen LogP contribution in [0.5, 0.6) is 0 Å². The van der Waals surface area contributed by atoms with Crippen LogP contribution in [0, 0.1) is 10.1 Å². The fourth-order valence-corrected chi connectivity index (χ4v) is 3.90. The molecule has 0 radical (unpaired) electrons. The van der Waals surface area contributed by atoms with Gasteiger partial charge in [-0.15, -0.1) is 0 Å². The summed E-state index contributed by atoms with van der Waals surface area (Å²) in [4.78, 5) is 50.2. The second kappa shape index (κ2) is 10.2. The Labute approximate surface area is 191 Å². The molecule has 2 aromatic rings. The topological polar surface area (TPSA) is 119 Å². The van der Waals surface area contributed by atoms with E-state index < -0.39 is 22.8 Å². The number of hydrogen-bond acceptors (Lipinski definition) is 6. The Bertz CT molecular complexity index is 1080. The number of fused-ring (bicyclic) bond motifs is 1. The summed E-state index contributed by atoms with van der Waals surface area (Å²) in [5.74, 6) is -1.03. The maximum atomic E-state index is 13.1. The Morgan fingerprint density at radius 3 is 2.58 bits per heavy atom. The fourth-order valence-electron chi connectivity index (χ4n) is 3.90.